The summed E-state index contributed by atoms with van der Waals surface area (Å²) in [6, 6.07) is 6.69. The van der Waals surface area contributed by atoms with Crippen LogP contribution in [0.15, 0.2) is 80.1 Å². The summed E-state index contributed by atoms with van der Waals surface area (Å²) in [6.45, 7) is 12.4. The number of nitrogens with zero attached hydrogens (tertiary/aromatic N) is 1. The number of allylic oxidation sites excluding steroid dienone is 6. The largest absolute Gasteiger partial charge is 0.348 e. The fourth-order valence-electron chi connectivity index (χ4n) is 2.46. The van der Waals surface area contributed by atoms with Crippen LogP contribution in [0.25, 0.3) is 0 Å². The monoisotopic (exact) mass is 263 g/mol. The fourth-order valence-corrected chi connectivity index (χ4v) is 2.46. The Morgan fingerprint density at radius 3 is 2.80 bits per heavy atom. The van der Waals surface area contributed by atoms with E-state index in [0.717, 1.165) is 25.0 Å². The highest BCUT2D eigenvalue weighted by Crippen LogP contribution is 2.29. The van der Waals surface area contributed by atoms with Gasteiger partial charge in [-0.05, 0) is 41.8 Å². The summed E-state index contributed by atoms with van der Waals surface area (Å²) in [5.41, 5.74) is 5.14. The molecule has 0 amide bonds. The molecule has 0 saturated carbocycles. The van der Waals surface area contributed by atoms with Crippen LogP contribution in [0, 0.1) is 0 Å². The summed E-state index contributed by atoms with van der Waals surface area (Å²) in [5, 5.41) is 0. The lowest BCUT2D eigenvalue weighted by molar-refractivity contribution is 0.994. The van der Waals surface area contributed by atoms with Gasteiger partial charge in [-0.1, -0.05) is 62.2 Å². The Morgan fingerprint density at radius 2 is 2.10 bits per heavy atom. The van der Waals surface area contributed by atoms with Gasteiger partial charge in [0.25, 0.3) is 0 Å². The molecule has 0 aliphatic carbocycles. The zero-order valence-electron chi connectivity index (χ0n) is 11.9. The highest BCUT2D eigenvalue weighted by atomic mass is 15.1. The van der Waals surface area contributed by atoms with Crippen LogP contribution in [0.4, 0.5) is 5.69 Å². The minimum atomic E-state index is 0.934. The fraction of sp³-hybridized carbons (Fsp3) is 0.158. The van der Waals surface area contributed by atoms with Gasteiger partial charge in [-0.25, -0.2) is 0 Å². The van der Waals surface area contributed by atoms with Crippen molar-refractivity contribution in [3.63, 3.8) is 0 Å². The number of hydrogen-bond donors (Lipinski definition) is 0. The first kappa shape index (κ1) is 14.1. The molecule has 102 valence electrons. The predicted octanol–water partition coefficient (Wildman–Crippen LogP) is 4.59. The maximum Gasteiger partial charge on any atom is 0.0439 e. The molecule has 0 fully saturated rings. The van der Waals surface area contributed by atoms with Gasteiger partial charge >= 0.3 is 0 Å². The molecule has 1 heteroatoms. The number of anilines is 1. The third-order valence-electron chi connectivity index (χ3n) is 3.51. The van der Waals surface area contributed by atoms with Gasteiger partial charge in [0.05, 0.1) is 0 Å². The van der Waals surface area contributed by atoms with Crippen LogP contribution in [-0.4, -0.2) is 6.54 Å². The molecule has 1 aromatic rings. The second kappa shape index (κ2) is 6.76. The van der Waals surface area contributed by atoms with E-state index in [1.54, 1.807) is 6.08 Å². The number of benzene rings is 1. The summed E-state index contributed by atoms with van der Waals surface area (Å²) in [7, 11) is 0. The van der Waals surface area contributed by atoms with Gasteiger partial charge in [0, 0.05) is 12.2 Å². The normalized spacial score (nSPS) is 14.4. The second-order valence-corrected chi connectivity index (χ2v) is 4.80. The lowest BCUT2D eigenvalue weighted by atomic mass is 10.1. The molecule has 20 heavy (non-hydrogen) atoms. The Kier molecular flexibility index (Phi) is 4.78. The molecule has 0 atom stereocenters. The summed E-state index contributed by atoms with van der Waals surface area (Å²) in [5.74, 6) is 0. The van der Waals surface area contributed by atoms with E-state index in [-0.39, 0.29) is 0 Å². The summed E-state index contributed by atoms with van der Waals surface area (Å²) in [6.07, 6.45) is 13.8. The zero-order chi connectivity index (χ0) is 14.4. The third kappa shape index (κ3) is 3.18. The minimum absolute atomic E-state index is 0.934. The second-order valence-electron chi connectivity index (χ2n) is 4.80. The number of rotatable bonds is 6. The molecule has 0 bridgehead atoms. The molecule has 0 N–H and O–H groups in total. The van der Waals surface area contributed by atoms with Gasteiger partial charge < -0.3 is 4.90 Å². The van der Waals surface area contributed by atoms with Crippen LogP contribution in [0.3, 0.4) is 0 Å². The summed E-state index contributed by atoms with van der Waals surface area (Å²) in [4.78, 5) is 2.21. The highest BCUT2D eigenvalue weighted by molar-refractivity contribution is 5.61. The molecule has 1 nitrogen and oxygen atoms in total. The third-order valence-corrected chi connectivity index (χ3v) is 3.51. The molecule has 0 spiro atoms. The lowest BCUT2D eigenvalue weighted by Gasteiger charge is -2.12. The van der Waals surface area contributed by atoms with Crippen molar-refractivity contribution >= 4 is 5.69 Å². The van der Waals surface area contributed by atoms with Gasteiger partial charge in [-0.3, -0.25) is 0 Å². The van der Waals surface area contributed by atoms with Gasteiger partial charge in [0.15, 0.2) is 0 Å². The molecule has 2 rings (SSSR count). The van der Waals surface area contributed by atoms with Gasteiger partial charge in [-0.2, -0.15) is 0 Å². The maximum absolute atomic E-state index is 3.85. The zero-order valence-corrected chi connectivity index (χ0v) is 11.9. The van der Waals surface area contributed by atoms with Crippen LogP contribution in [0.5, 0.6) is 0 Å². The van der Waals surface area contributed by atoms with Gasteiger partial charge in [-0.15, -0.1) is 0 Å². The Morgan fingerprint density at radius 1 is 1.25 bits per heavy atom. The van der Waals surface area contributed by atoms with Crippen molar-refractivity contribution in [2.45, 2.75) is 12.8 Å². The highest BCUT2D eigenvalue weighted by Gasteiger charge is 2.16. The topological polar surface area (TPSA) is 3.24 Å². The molecule has 1 heterocycles. The van der Waals surface area contributed by atoms with Crippen LogP contribution in [-0.2, 0) is 12.8 Å². The number of hydrogen-bond acceptors (Lipinski definition) is 1. The summed E-state index contributed by atoms with van der Waals surface area (Å²) >= 11 is 0. The Bertz CT molecular complexity index is 575. The first-order valence-corrected chi connectivity index (χ1v) is 6.91. The van der Waals surface area contributed by atoms with E-state index in [0.29, 0.717) is 0 Å². The molecule has 0 radical (unpaired) electrons. The van der Waals surface area contributed by atoms with E-state index in [9.17, 15) is 0 Å². The standard InChI is InChI=1S/C19H21N/c1-4-8-16(5-2)9-7-10-17-11-12-19-18(15-17)13-14-20(19)6-3/h4-9,11-12,15H,1-3,10,13-14H2/b9-7-,16-8-. The van der Waals surface area contributed by atoms with Crippen molar-refractivity contribution in [2.75, 3.05) is 11.4 Å². The van der Waals surface area contributed by atoms with E-state index in [1.165, 1.54) is 16.8 Å². The SMILES string of the molecule is C=C/C=C(C=C)\C=C/Cc1ccc2c(c1)CCN2C=C. The number of fused-ring (bicyclic) bond motifs is 1. The molecule has 1 aromatic carbocycles. The summed E-state index contributed by atoms with van der Waals surface area (Å²) < 4.78 is 0. The Hall–Kier alpha value is -2.28. The van der Waals surface area contributed by atoms with Crippen LogP contribution < -0.4 is 4.90 Å². The van der Waals surface area contributed by atoms with E-state index >= 15 is 0 Å². The minimum Gasteiger partial charge on any atom is -0.348 e. The van der Waals surface area contributed by atoms with Crippen molar-refractivity contribution in [1.82, 2.24) is 0 Å². The van der Waals surface area contributed by atoms with E-state index in [4.69, 9.17) is 0 Å². The van der Waals surface area contributed by atoms with Crippen molar-refractivity contribution in [2.24, 2.45) is 0 Å². The molecular formula is C19H21N. The van der Waals surface area contributed by atoms with Crippen molar-refractivity contribution < 1.29 is 0 Å². The molecule has 1 aliphatic rings. The van der Waals surface area contributed by atoms with E-state index < -0.39 is 0 Å². The predicted molar refractivity (Wildman–Crippen MR) is 89.0 cm³/mol. The van der Waals surface area contributed by atoms with Gasteiger partial charge in [0.2, 0.25) is 0 Å². The molecule has 0 unspecified atom stereocenters. The van der Waals surface area contributed by atoms with Crippen molar-refractivity contribution in [3.05, 3.63) is 91.2 Å². The molecular weight excluding hydrogens is 242 g/mol. The van der Waals surface area contributed by atoms with Crippen LogP contribution in [0.1, 0.15) is 11.1 Å². The average molecular weight is 263 g/mol. The Balaban J connectivity index is 2.07. The van der Waals surface area contributed by atoms with Crippen molar-refractivity contribution in [3.8, 4) is 0 Å². The molecule has 0 saturated heterocycles. The first-order valence-electron chi connectivity index (χ1n) is 6.91. The van der Waals surface area contributed by atoms with Crippen molar-refractivity contribution in [1.29, 1.82) is 0 Å². The first-order chi connectivity index (χ1) is 9.78. The maximum atomic E-state index is 3.85. The van der Waals surface area contributed by atoms with E-state index in [2.05, 4.69) is 55.0 Å². The van der Waals surface area contributed by atoms with E-state index in [1.807, 2.05) is 18.4 Å². The quantitative estimate of drug-likeness (QED) is 0.678. The average Bonchev–Trinajstić information content (AvgIpc) is 2.88. The lowest BCUT2D eigenvalue weighted by Crippen LogP contribution is -2.10. The van der Waals surface area contributed by atoms with Crippen LogP contribution >= 0.6 is 0 Å². The van der Waals surface area contributed by atoms with Crippen LogP contribution in [0.2, 0.25) is 0 Å². The van der Waals surface area contributed by atoms with Gasteiger partial charge in [0.1, 0.15) is 0 Å². The molecule has 1 aliphatic heterocycles. The molecule has 0 aromatic heterocycles. The Labute approximate surface area is 121 Å². The smallest absolute Gasteiger partial charge is 0.0439 e.